The first-order valence-electron chi connectivity index (χ1n) is 6.70. The minimum absolute atomic E-state index is 0.200. The minimum Gasteiger partial charge on any atom is -0.324 e. The molecular formula is C15H14ClN3O4. The largest absolute Gasteiger partial charge is 0.324 e. The molecule has 23 heavy (non-hydrogen) atoms. The normalized spacial score (nSPS) is 10.4. The first-order valence-corrected chi connectivity index (χ1v) is 7.08. The van der Waals surface area contributed by atoms with Gasteiger partial charge in [0.2, 0.25) is 5.91 Å². The third-order valence-corrected chi connectivity index (χ3v) is 3.73. The number of rotatable bonds is 4. The van der Waals surface area contributed by atoms with Gasteiger partial charge in [0.05, 0.1) is 11.1 Å². The van der Waals surface area contributed by atoms with Crippen molar-refractivity contribution in [1.29, 1.82) is 0 Å². The lowest BCUT2D eigenvalue weighted by atomic mass is 10.2. The Kier molecular flexibility index (Phi) is 4.80. The summed E-state index contributed by atoms with van der Waals surface area (Å²) in [6.07, 6.45) is 1.06. The second kappa shape index (κ2) is 6.62. The van der Waals surface area contributed by atoms with Crippen molar-refractivity contribution >= 4 is 28.9 Å². The van der Waals surface area contributed by atoms with Crippen LogP contribution in [0, 0.1) is 24.0 Å². The van der Waals surface area contributed by atoms with Crippen LogP contribution >= 0.6 is 11.6 Å². The molecule has 7 nitrogen and oxygen atoms in total. The van der Waals surface area contributed by atoms with E-state index < -0.39 is 16.4 Å². The van der Waals surface area contributed by atoms with Gasteiger partial charge >= 0.3 is 0 Å². The van der Waals surface area contributed by atoms with Crippen molar-refractivity contribution in [3.05, 3.63) is 67.1 Å². The van der Waals surface area contributed by atoms with Crippen LogP contribution in [0.25, 0.3) is 0 Å². The fraction of sp³-hybridized carbons (Fsp3) is 0.200. The van der Waals surface area contributed by atoms with Crippen LogP contribution in [0.2, 0.25) is 5.02 Å². The molecule has 0 unspecified atom stereocenters. The number of aryl methyl sites for hydroxylation is 1. The number of hydrogen-bond donors (Lipinski definition) is 1. The highest BCUT2D eigenvalue weighted by Gasteiger charge is 2.14. The summed E-state index contributed by atoms with van der Waals surface area (Å²) in [5.74, 6) is -0.475. The molecule has 1 amide bonds. The van der Waals surface area contributed by atoms with Crippen LogP contribution in [0.1, 0.15) is 11.1 Å². The zero-order valence-electron chi connectivity index (χ0n) is 12.5. The lowest BCUT2D eigenvalue weighted by molar-refractivity contribution is -0.385. The van der Waals surface area contributed by atoms with Gasteiger partial charge in [-0.2, -0.15) is 0 Å². The van der Waals surface area contributed by atoms with Crippen LogP contribution in [0.4, 0.5) is 11.4 Å². The van der Waals surface area contributed by atoms with E-state index in [2.05, 4.69) is 5.32 Å². The standard InChI is InChI=1S/C15H14ClN3O4/c1-9-6-11(19(22)23)7-18(15(9)21)8-14(20)17-13-5-3-4-12(16)10(13)2/h3-7H,8H2,1-2H3,(H,17,20). The summed E-state index contributed by atoms with van der Waals surface area (Å²) >= 11 is 5.98. The smallest absolute Gasteiger partial charge is 0.286 e. The number of aromatic nitrogens is 1. The molecule has 120 valence electrons. The van der Waals surface area contributed by atoms with Crippen LogP contribution in [-0.4, -0.2) is 15.4 Å². The molecule has 2 aromatic rings. The number of anilines is 1. The van der Waals surface area contributed by atoms with E-state index in [1.54, 1.807) is 25.1 Å². The molecule has 0 saturated carbocycles. The maximum absolute atomic E-state index is 12.1. The average molecular weight is 336 g/mol. The Morgan fingerprint density at radius 2 is 2.09 bits per heavy atom. The fourth-order valence-corrected chi connectivity index (χ4v) is 2.24. The molecule has 0 spiro atoms. The van der Waals surface area contributed by atoms with Gasteiger partial charge in [-0.05, 0) is 31.5 Å². The summed E-state index contributed by atoms with van der Waals surface area (Å²) in [4.78, 5) is 34.3. The zero-order valence-corrected chi connectivity index (χ0v) is 13.3. The van der Waals surface area contributed by atoms with E-state index in [-0.39, 0.29) is 17.8 Å². The van der Waals surface area contributed by atoms with Crippen LogP contribution in [0.3, 0.4) is 0 Å². The second-order valence-corrected chi connectivity index (χ2v) is 5.44. The maximum Gasteiger partial charge on any atom is 0.286 e. The van der Waals surface area contributed by atoms with E-state index in [0.717, 1.165) is 10.8 Å². The summed E-state index contributed by atoms with van der Waals surface area (Å²) in [7, 11) is 0. The van der Waals surface area contributed by atoms with Gasteiger partial charge in [-0.3, -0.25) is 24.3 Å². The Morgan fingerprint density at radius 3 is 2.74 bits per heavy atom. The molecule has 0 atom stereocenters. The molecule has 8 heteroatoms. The predicted octanol–water partition coefficient (Wildman–Crippen LogP) is 2.67. The van der Waals surface area contributed by atoms with Gasteiger partial charge in [-0.1, -0.05) is 17.7 Å². The lowest BCUT2D eigenvalue weighted by Crippen LogP contribution is -2.28. The van der Waals surface area contributed by atoms with E-state index in [4.69, 9.17) is 11.6 Å². The molecule has 0 aliphatic heterocycles. The molecule has 1 aromatic heterocycles. The topological polar surface area (TPSA) is 94.2 Å². The molecule has 0 aliphatic rings. The zero-order chi connectivity index (χ0) is 17.1. The summed E-state index contributed by atoms with van der Waals surface area (Å²) in [5, 5.41) is 14.0. The van der Waals surface area contributed by atoms with E-state index in [0.29, 0.717) is 16.3 Å². The van der Waals surface area contributed by atoms with Gasteiger partial charge in [0.1, 0.15) is 6.54 Å². The van der Waals surface area contributed by atoms with Crippen molar-refractivity contribution in [2.24, 2.45) is 0 Å². The summed E-state index contributed by atoms with van der Waals surface area (Å²) in [6.45, 7) is 2.89. The maximum atomic E-state index is 12.1. The van der Waals surface area contributed by atoms with E-state index >= 15 is 0 Å². The third-order valence-electron chi connectivity index (χ3n) is 3.32. The highest BCUT2D eigenvalue weighted by atomic mass is 35.5. The summed E-state index contributed by atoms with van der Waals surface area (Å²) in [5.41, 5.74) is 0.733. The van der Waals surface area contributed by atoms with Gasteiger partial charge in [0.25, 0.3) is 11.2 Å². The SMILES string of the molecule is Cc1c(Cl)cccc1NC(=O)Cn1cc([N+](=O)[O-])cc(C)c1=O. The first-order chi connectivity index (χ1) is 10.8. The molecule has 0 radical (unpaired) electrons. The number of hydrogen-bond acceptors (Lipinski definition) is 4. The molecule has 1 N–H and O–H groups in total. The number of carbonyl (C=O) groups is 1. The lowest BCUT2D eigenvalue weighted by Gasteiger charge is -2.11. The number of nitro groups is 1. The Balaban J connectivity index is 2.25. The number of pyridine rings is 1. The fourth-order valence-electron chi connectivity index (χ4n) is 2.07. The van der Waals surface area contributed by atoms with Gasteiger partial charge in [0, 0.05) is 22.3 Å². The molecule has 0 saturated heterocycles. The molecule has 0 fully saturated rings. The molecular weight excluding hydrogens is 322 g/mol. The monoisotopic (exact) mass is 335 g/mol. The van der Waals surface area contributed by atoms with Crippen LogP contribution in [0.15, 0.2) is 35.3 Å². The van der Waals surface area contributed by atoms with Gasteiger partial charge in [0.15, 0.2) is 0 Å². The number of halogens is 1. The predicted molar refractivity (Wildman–Crippen MR) is 86.9 cm³/mol. The van der Waals surface area contributed by atoms with Crippen LogP contribution in [0.5, 0.6) is 0 Å². The Bertz CT molecular complexity index is 845. The molecule has 0 aliphatic carbocycles. The summed E-state index contributed by atoms with van der Waals surface area (Å²) in [6, 6.07) is 6.24. The van der Waals surface area contributed by atoms with E-state index in [1.165, 1.54) is 13.0 Å². The number of nitrogens with zero attached hydrogens (tertiary/aromatic N) is 2. The van der Waals surface area contributed by atoms with Gasteiger partial charge in [-0.15, -0.1) is 0 Å². The van der Waals surface area contributed by atoms with Crippen molar-refractivity contribution in [2.45, 2.75) is 20.4 Å². The Labute approximate surface area is 136 Å². The van der Waals surface area contributed by atoms with E-state index in [9.17, 15) is 19.7 Å². The number of nitrogens with one attached hydrogen (secondary N) is 1. The highest BCUT2D eigenvalue weighted by Crippen LogP contribution is 2.22. The summed E-state index contributed by atoms with van der Waals surface area (Å²) < 4.78 is 1.02. The Morgan fingerprint density at radius 1 is 1.39 bits per heavy atom. The van der Waals surface area contributed by atoms with Crippen molar-refractivity contribution in [2.75, 3.05) is 5.32 Å². The first kappa shape index (κ1) is 16.7. The van der Waals surface area contributed by atoms with Crippen LogP contribution in [-0.2, 0) is 11.3 Å². The number of carbonyl (C=O) groups excluding carboxylic acids is 1. The average Bonchev–Trinajstić information content (AvgIpc) is 2.48. The number of benzene rings is 1. The highest BCUT2D eigenvalue weighted by molar-refractivity contribution is 6.31. The quantitative estimate of drug-likeness (QED) is 0.686. The van der Waals surface area contributed by atoms with Crippen molar-refractivity contribution in [3.63, 3.8) is 0 Å². The minimum atomic E-state index is -0.609. The van der Waals surface area contributed by atoms with Crippen molar-refractivity contribution in [3.8, 4) is 0 Å². The molecule has 0 bridgehead atoms. The third kappa shape index (κ3) is 3.75. The van der Waals surface area contributed by atoms with E-state index in [1.807, 2.05) is 0 Å². The van der Waals surface area contributed by atoms with Crippen molar-refractivity contribution < 1.29 is 9.72 Å². The van der Waals surface area contributed by atoms with Gasteiger partial charge < -0.3 is 5.32 Å². The molecule has 1 heterocycles. The van der Waals surface area contributed by atoms with Crippen molar-refractivity contribution in [1.82, 2.24) is 4.57 Å². The van der Waals surface area contributed by atoms with Gasteiger partial charge in [-0.25, -0.2) is 0 Å². The van der Waals surface area contributed by atoms with Crippen LogP contribution < -0.4 is 10.9 Å². The number of amides is 1. The second-order valence-electron chi connectivity index (χ2n) is 5.03. The Hall–Kier alpha value is -2.67. The molecule has 1 aromatic carbocycles. The molecule has 2 rings (SSSR count).